The van der Waals surface area contributed by atoms with E-state index in [1.54, 1.807) is 6.92 Å². The van der Waals surface area contributed by atoms with Crippen LogP contribution in [0.5, 0.6) is 0 Å². The highest BCUT2D eigenvalue weighted by Crippen LogP contribution is 2.28. The van der Waals surface area contributed by atoms with Gasteiger partial charge in [-0.25, -0.2) is 9.98 Å². The summed E-state index contributed by atoms with van der Waals surface area (Å²) in [5.41, 5.74) is 3.30. The Morgan fingerprint density at radius 1 is 1.17 bits per heavy atom. The molecule has 3 aliphatic rings. The van der Waals surface area contributed by atoms with Gasteiger partial charge < -0.3 is 20.0 Å². The van der Waals surface area contributed by atoms with Crippen LogP contribution in [-0.4, -0.2) is 66.3 Å². The molecule has 1 fully saturated rings. The molecule has 0 aromatic heterocycles. The van der Waals surface area contributed by atoms with E-state index >= 15 is 0 Å². The molecule has 4 rings (SSSR count). The Balaban J connectivity index is 1.42. The van der Waals surface area contributed by atoms with Crippen molar-refractivity contribution in [3.05, 3.63) is 36.5 Å². The van der Waals surface area contributed by atoms with Crippen molar-refractivity contribution < 1.29 is 4.79 Å². The van der Waals surface area contributed by atoms with Crippen LogP contribution < -0.4 is 10.2 Å². The number of guanidine groups is 1. The number of carbonyl (C=O) groups is 1. The van der Waals surface area contributed by atoms with Gasteiger partial charge in [-0.05, 0) is 50.7 Å². The fraction of sp³-hybridized carbons (Fsp3) is 0.500. The highest BCUT2D eigenvalue weighted by Gasteiger charge is 2.32. The van der Waals surface area contributed by atoms with Crippen LogP contribution in [-0.2, 0) is 4.79 Å². The number of nitrogens with zero attached hydrogens (tertiary/aromatic N) is 5. The lowest BCUT2D eigenvalue weighted by Gasteiger charge is -2.38. The molecule has 154 valence electrons. The minimum Gasteiger partial charge on any atom is -0.368 e. The molecule has 0 radical (unpaired) electrons. The molecular formula is C22H30N6O. The molecule has 29 heavy (non-hydrogen) atoms. The summed E-state index contributed by atoms with van der Waals surface area (Å²) in [5.74, 6) is 1.20. The maximum absolute atomic E-state index is 11.5. The van der Waals surface area contributed by atoms with Crippen molar-refractivity contribution in [2.75, 3.05) is 42.9 Å². The number of benzene rings is 1. The standard InChI is InChI=1S/C22H30N6O/c1-4-26-11-5-6-20-16(2)23-22(25-21(20)26)24-18-7-9-19(10-8-18)28-14-12-27(13-15-28)17(3)29/h5,7-11,20-21H,4,6,12-15H2,1-3H3,(H,24,25). The van der Waals surface area contributed by atoms with E-state index in [2.05, 4.69) is 65.5 Å². The predicted octanol–water partition coefficient (Wildman–Crippen LogP) is 2.78. The summed E-state index contributed by atoms with van der Waals surface area (Å²) in [7, 11) is 0. The number of carbonyl (C=O) groups excluding carboxylic acids is 1. The van der Waals surface area contributed by atoms with E-state index in [0.29, 0.717) is 11.9 Å². The van der Waals surface area contributed by atoms with Crippen LogP contribution in [0.2, 0.25) is 0 Å². The van der Waals surface area contributed by atoms with Gasteiger partial charge in [0.1, 0.15) is 6.17 Å². The van der Waals surface area contributed by atoms with Crippen molar-refractivity contribution in [3.8, 4) is 0 Å². The number of hydrogen-bond donors (Lipinski definition) is 1. The predicted molar refractivity (Wildman–Crippen MR) is 118 cm³/mol. The van der Waals surface area contributed by atoms with E-state index in [9.17, 15) is 4.79 Å². The molecule has 1 amide bonds. The number of rotatable bonds is 3. The minimum absolute atomic E-state index is 0.127. The number of aliphatic imine (C=N–C) groups is 2. The van der Waals surface area contributed by atoms with Gasteiger partial charge in [-0.2, -0.15) is 0 Å². The van der Waals surface area contributed by atoms with Crippen molar-refractivity contribution in [1.29, 1.82) is 0 Å². The van der Waals surface area contributed by atoms with E-state index in [-0.39, 0.29) is 12.1 Å². The van der Waals surface area contributed by atoms with Crippen LogP contribution in [0, 0.1) is 5.92 Å². The number of hydrogen-bond acceptors (Lipinski definition) is 6. The van der Waals surface area contributed by atoms with Crippen LogP contribution in [0.1, 0.15) is 27.2 Å². The van der Waals surface area contributed by atoms with Gasteiger partial charge in [0.2, 0.25) is 11.9 Å². The number of amides is 1. The maximum Gasteiger partial charge on any atom is 0.224 e. The molecule has 2 unspecified atom stereocenters. The molecule has 3 aliphatic heterocycles. The molecule has 2 atom stereocenters. The second-order valence-corrected chi connectivity index (χ2v) is 7.84. The smallest absolute Gasteiger partial charge is 0.224 e. The Labute approximate surface area is 172 Å². The normalized spacial score (nSPS) is 24.0. The Hall–Kier alpha value is -2.83. The molecule has 0 spiro atoms. The van der Waals surface area contributed by atoms with Gasteiger partial charge >= 0.3 is 0 Å². The van der Waals surface area contributed by atoms with Crippen LogP contribution in [0.4, 0.5) is 11.4 Å². The highest BCUT2D eigenvalue weighted by molar-refractivity contribution is 6.05. The lowest BCUT2D eigenvalue weighted by Crippen LogP contribution is -2.48. The summed E-state index contributed by atoms with van der Waals surface area (Å²) in [6, 6.07) is 8.39. The van der Waals surface area contributed by atoms with Gasteiger partial charge in [0, 0.05) is 62.7 Å². The third-order valence-corrected chi connectivity index (χ3v) is 6.04. The molecule has 7 heteroatoms. The van der Waals surface area contributed by atoms with Gasteiger partial charge in [0.05, 0.1) is 0 Å². The van der Waals surface area contributed by atoms with Crippen LogP contribution in [0.25, 0.3) is 0 Å². The number of anilines is 2. The summed E-state index contributed by atoms with van der Waals surface area (Å²) in [6.45, 7) is 10.1. The summed E-state index contributed by atoms with van der Waals surface area (Å²) in [5, 5.41) is 3.38. The van der Waals surface area contributed by atoms with Gasteiger partial charge in [-0.1, -0.05) is 6.08 Å². The monoisotopic (exact) mass is 394 g/mol. The molecule has 7 nitrogen and oxygen atoms in total. The Morgan fingerprint density at radius 2 is 1.90 bits per heavy atom. The molecule has 1 aromatic rings. The van der Waals surface area contributed by atoms with E-state index < -0.39 is 0 Å². The molecule has 0 bridgehead atoms. The first-order chi connectivity index (χ1) is 14.0. The van der Waals surface area contributed by atoms with Crippen molar-refractivity contribution in [3.63, 3.8) is 0 Å². The fourth-order valence-corrected chi connectivity index (χ4v) is 4.26. The van der Waals surface area contributed by atoms with Crippen molar-refractivity contribution in [2.24, 2.45) is 15.9 Å². The number of allylic oxidation sites excluding steroid dienone is 1. The van der Waals surface area contributed by atoms with Gasteiger partial charge in [0.15, 0.2) is 0 Å². The first kappa shape index (κ1) is 19.5. The largest absolute Gasteiger partial charge is 0.368 e. The number of fused-ring (bicyclic) bond motifs is 1. The topological polar surface area (TPSA) is 63.5 Å². The summed E-state index contributed by atoms with van der Waals surface area (Å²) >= 11 is 0. The molecule has 1 aromatic carbocycles. The maximum atomic E-state index is 11.5. The fourth-order valence-electron chi connectivity index (χ4n) is 4.26. The van der Waals surface area contributed by atoms with Crippen molar-refractivity contribution in [1.82, 2.24) is 9.80 Å². The third-order valence-electron chi connectivity index (χ3n) is 6.04. The van der Waals surface area contributed by atoms with E-state index in [0.717, 1.165) is 50.5 Å². The summed E-state index contributed by atoms with van der Waals surface area (Å²) < 4.78 is 0. The Morgan fingerprint density at radius 3 is 2.55 bits per heavy atom. The van der Waals surface area contributed by atoms with Crippen LogP contribution >= 0.6 is 0 Å². The molecule has 3 heterocycles. The first-order valence-electron chi connectivity index (χ1n) is 10.5. The second-order valence-electron chi connectivity index (χ2n) is 7.84. The van der Waals surface area contributed by atoms with E-state index in [1.807, 2.05) is 4.90 Å². The third kappa shape index (κ3) is 4.13. The van der Waals surface area contributed by atoms with Gasteiger partial charge in [0.25, 0.3) is 0 Å². The van der Waals surface area contributed by atoms with Crippen LogP contribution in [0.3, 0.4) is 0 Å². The van der Waals surface area contributed by atoms with Crippen molar-refractivity contribution >= 4 is 29.0 Å². The average molecular weight is 395 g/mol. The Bertz CT molecular complexity index is 835. The lowest BCUT2D eigenvalue weighted by molar-refractivity contribution is -0.129. The quantitative estimate of drug-likeness (QED) is 0.856. The number of piperazine rings is 1. The van der Waals surface area contributed by atoms with E-state index in [4.69, 9.17) is 9.98 Å². The highest BCUT2D eigenvalue weighted by atomic mass is 16.2. The van der Waals surface area contributed by atoms with Crippen molar-refractivity contribution in [2.45, 2.75) is 33.4 Å². The van der Waals surface area contributed by atoms with E-state index in [1.165, 1.54) is 5.69 Å². The zero-order valence-corrected chi connectivity index (χ0v) is 17.5. The lowest BCUT2D eigenvalue weighted by atomic mass is 9.92. The summed E-state index contributed by atoms with van der Waals surface area (Å²) in [6.07, 6.45) is 5.49. The average Bonchev–Trinajstić information content (AvgIpc) is 2.74. The molecule has 0 aliphatic carbocycles. The second kappa shape index (κ2) is 8.27. The molecule has 1 N–H and O–H groups in total. The van der Waals surface area contributed by atoms with Gasteiger partial charge in [-0.15, -0.1) is 0 Å². The minimum atomic E-state index is 0.127. The van der Waals surface area contributed by atoms with Crippen LogP contribution in [0.15, 0.2) is 46.5 Å². The zero-order valence-electron chi connectivity index (χ0n) is 17.5. The SMILES string of the molecule is CCN1C=CCC2C(C)=NC(Nc3ccc(N4CCN(C(C)=O)CC4)cc3)=NC21. The number of nitrogens with one attached hydrogen (secondary N) is 1. The molecule has 1 saturated heterocycles. The molecule has 0 saturated carbocycles. The summed E-state index contributed by atoms with van der Waals surface area (Å²) in [4.78, 5) is 27.6. The Kier molecular flexibility index (Phi) is 5.56. The first-order valence-corrected chi connectivity index (χ1v) is 10.5. The zero-order chi connectivity index (χ0) is 20.4. The molecular weight excluding hydrogens is 364 g/mol. The van der Waals surface area contributed by atoms with Gasteiger partial charge in [-0.3, -0.25) is 4.79 Å².